The van der Waals surface area contributed by atoms with Gasteiger partial charge in [-0.05, 0) is 44.0 Å². The Kier molecular flexibility index (Phi) is 4.86. The highest BCUT2D eigenvalue weighted by Gasteiger charge is 2.18. The van der Waals surface area contributed by atoms with Gasteiger partial charge in [0.2, 0.25) is 0 Å². The Hall–Kier alpha value is -2.33. The van der Waals surface area contributed by atoms with Gasteiger partial charge in [-0.3, -0.25) is 4.68 Å². The fraction of sp³-hybridized carbons (Fsp3) is 0.350. The molecule has 0 unspecified atom stereocenters. The molecule has 0 spiro atoms. The first kappa shape index (κ1) is 16.5. The number of benzene rings is 1. The summed E-state index contributed by atoms with van der Waals surface area (Å²) in [6.45, 7) is 12.4. The maximum absolute atomic E-state index is 5.20. The number of nitrogens with one attached hydrogen (secondary N) is 1. The van der Waals surface area contributed by atoms with Gasteiger partial charge in [0, 0.05) is 16.9 Å². The summed E-state index contributed by atoms with van der Waals surface area (Å²) in [5, 5.41) is 8.12. The standard InChI is InChI=1S/C20H25N3O/c1-5-11-23-15(4)20(14(3)22-23)19(6-2)16-7-9-17(10-8-16)21-18-12-24-13-18/h5-10,18,21H,1,11-13H2,2-4H3/b19-6-. The van der Waals surface area contributed by atoms with Crippen LogP contribution in [0.1, 0.15) is 29.4 Å². The van der Waals surface area contributed by atoms with Gasteiger partial charge in [-0.15, -0.1) is 6.58 Å². The summed E-state index contributed by atoms with van der Waals surface area (Å²) in [5.41, 5.74) is 7.01. The number of rotatable bonds is 6. The van der Waals surface area contributed by atoms with E-state index in [1.54, 1.807) is 0 Å². The molecule has 0 atom stereocenters. The lowest BCUT2D eigenvalue weighted by atomic mass is 9.96. The van der Waals surface area contributed by atoms with Crippen LogP contribution in [0, 0.1) is 13.8 Å². The van der Waals surface area contributed by atoms with Gasteiger partial charge in [-0.25, -0.2) is 0 Å². The lowest BCUT2D eigenvalue weighted by Gasteiger charge is -2.27. The average molecular weight is 323 g/mol. The van der Waals surface area contributed by atoms with Crippen LogP contribution in [0.2, 0.25) is 0 Å². The monoisotopic (exact) mass is 323 g/mol. The molecule has 3 rings (SSSR count). The predicted molar refractivity (Wildman–Crippen MR) is 99.3 cm³/mol. The van der Waals surface area contributed by atoms with Crippen molar-refractivity contribution in [3.63, 3.8) is 0 Å². The highest BCUT2D eigenvalue weighted by Crippen LogP contribution is 2.30. The van der Waals surface area contributed by atoms with E-state index in [-0.39, 0.29) is 0 Å². The molecule has 1 aromatic heterocycles. The molecule has 4 heteroatoms. The zero-order valence-corrected chi connectivity index (χ0v) is 14.7. The van der Waals surface area contributed by atoms with Crippen molar-refractivity contribution in [1.29, 1.82) is 0 Å². The van der Waals surface area contributed by atoms with Crippen molar-refractivity contribution in [3.05, 3.63) is 65.5 Å². The molecule has 4 nitrogen and oxygen atoms in total. The minimum Gasteiger partial charge on any atom is -0.378 e. The Morgan fingerprint density at radius 3 is 2.58 bits per heavy atom. The molecule has 1 N–H and O–H groups in total. The van der Waals surface area contributed by atoms with Gasteiger partial charge in [0.1, 0.15) is 0 Å². The van der Waals surface area contributed by atoms with Gasteiger partial charge in [0.15, 0.2) is 0 Å². The second kappa shape index (κ2) is 7.05. The summed E-state index contributed by atoms with van der Waals surface area (Å²) in [7, 11) is 0. The van der Waals surface area contributed by atoms with E-state index in [1.165, 1.54) is 22.4 Å². The minimum absolute atomic E-state index is 0.443. The van der Waals surface area contributed by atoms with E-state index >= 15 is 0 Å². The third kappa shape index (κ3) is 3.15. The molecule has 0 saturated carbocycles. The van der Waals surface area contributed by atoms with Crippen molar-refractivity contribution in [2.45, 2.75) is 33.4 Å². The Bertz CT molecular complexity index is 752. The molecule has 24 heavy (non-hydrogen) atoms. The Labute approximate surface area is 143 Å². The molecular formula is C20H25N3O. The van der Waals surface area contributed by atoms with Crippen molar-refractivity contribution in [1.82, 2.24) is 9.78 Å². The third-order valence-corrected chi connectivity index (χ3v) is 4.45. The average Bonchev–Trinajstić information content (AvgIpc) is 2.81. The molecule has 126 valence electrons. The van der Waals surface area contributed by atoms with Crippen LogP contribution < -0.4 is 5.32 Å². The molecule has 2 heterocycles. The number of nitrogens with zero attached hydrogens (tertiary/aromatic N) is 2. The summed E-state index contributed by atoms with van der Waals surface area (Å²) in [6, 6.07) is 9.05. The summed E-state index contributed by atoms with van der Waals surface area (Å²) in [4.78, 5) is 0. The number of anilines is 1. The lowest BCUT2D eigenvalue weighted by molar-refractivity contribution is 0.0211. The second-order valence-electron chi connectivity index (χ2n) is 6.18. The normalized spacial score (nSPS) is 15.2. The molecule has 0 aliphatic carbocycles. The van der Waals surface area contributed by atoms with E-state index in [4.69, 9.17) is 4.74 Å². The van der Waals surface area contributed by atoms with Crippen LogP contribution in [0.25, 0.3) is 5.57 Å². The van der Waals surface area contributed by atoms with Gasteiger partial charge >= 0.3 is 0 Å². The maximum atomic E-state index is 5.20. The highest BCUT2D eigenvalue weighted by atomic mass is 16.5. The van der Waals surface area contributed by atoms with Gasteiger partial charge in [-0.1, -0.05) is 24.3 Å². The van der Waals surface area contributed by atoms with Crippen molar-refractivity contribution < 1.29 is 4.74 Å². The fourth-order valence-corrected chi connectivity index (χ4v) is 3.14. The van der Waals surface area contributed by atoms with E-state index in [0.717, 1.165) is 31.1 Å². The van der Waals surface area contributed by atoms with Gasteiger partial charge in [0.05, 0.1) is 31.5 Å². The third-order valence-electron chi connectivity index (χ3n) is 4.45. The van der Waals surface area contributed by atoms with Crippen molar-refractivity contribution in [2.24, 2.45) is 0 Å². The van der Waals surface area contributed by atoms with Crippen LogP contribution in [-0.2, 0) is 11.3 Å². The Balaban J connectivity index is 1.87. The fourth-order valence-electron chi connectivity index (χ4n) is 3.14. The quantitative estimate of drug-likeness (QED) is 0.818. The lowest BCUT2D eigenvalue weighted by Crippen LogP contribution is -2.40. The van der Waals surface area contributed by atoms with Crippen LogP contribution in [-0.4, -0.2) is 29.0 Å². The molecule has 1 fully saturated rings. The topological polar surface area (TPSA) is 39.1 Å². The maximum Gasteiger partial charge on any atom is 0.0728 e. The smallest absolute Gasteiger partial charge is 0.0728 e. The van der Waals surface area contributed by atoms with Gasteiger partial charge in [-0.2, -0.15) is 5.10 Å². The molecule has 1 aliphatic rings. The zero-order chi connectivity index (χ0) is 17.1. The summed E-state index contributed by atoms with van der Waals surface area (Å²) >= 11 is 0. The van der Waals surface area contributed by atoms with Crippen molar-refractivity contribution in [3.8, 4) is 0 Å². The number of allylic oxidation sites excluding steroid dienone is 2. The van der Waals surface area contributed by atoms with Crippen LogP contribution in [0.4, 0.5) is 5.69 Å². The van der Waals surface area contributed by atoms with E-state index in [1.807, 2.05) is 10.8 Å². The number of hydrogen-bond acceptors (Lipinski definition) is 3. The molecular weight excluding hydrogens is 298 g/mol. The van der Waals surface area contributed by atoms with Gasteiger partial charge in [0.25, 0.3) is 0 Å². The van der Waals surface area contributed by atoms with Crippen molar-refractivity contribution in [2.75, 3.05) is 18.5 Å². The van der Waals surface area contributed by atoms with E-state index < -0.39 is 0 Å². The second-order valence-corrected chi connectivity index (χ2v) is 6.18. The molecule has 2 aromatic rings. The molecule has 1 aromatic carbocycles. The van der Waals surface area contributed by atoms with Crippen LogP contribution >= 0.6 is 0 Å². The molecule has 0 bridgehead atoms. The number of hydrogen-bond donors (Lipinski definition) is 1. The number of aryl methyl sites for hydroxylation is 1. The first-order chi connectivity index (χ1) is 11.6. The Morgan fingerprint density at radius 2 is 2.04 bits per heavy atom. The summed E-state index contributed by atoms with van der Waals surface area (Å²) in [6.07, 6.45) is 4.04. The Morgan fingerprint density at radius 1 is 1.33 bits per heavy atom. The first-order valence-corrected chi connectivity index (χ1v) is 8.40. The van der Waals surface area contributed by atoms with Crippen LogP contribution in [0.5, 0.6) is 0 Å². The largest absolute Gasteiger partial charge is 0.378 e. The number of ether oxygens (including phenoxy) is 1. The SMILES string of the molecule is C=CCn1nc(C)c(/C(=C\C)c2ccc(NC3COC3)cc2)c1C. The molecule has 1 saturated heterocycles. The predicted octanol–water partition coefficient (Wildman–Crippen LogP) is 3.95. The molecule has 1 aliphatic heterocycles. The molecule has 0 amide bonds. The van der Waals surface area contributed by atoms with Crippen molar-refractivity contribution >= 4 is 11.3 Å². The van der Waals surface area contributed by atoms with E-state index in [9.17, 15) is 0 Å². The van der Waals surface area contributed by atoms with E-state index in [2.05, 4.69) is 68.1 Å². The number of aromatic nitrogens is 2. The van der Waals surface area contributed by atoms with Crippen LogP contribution in [0.3, 0.4) is 0 Å². The highest BCUT2D eigenvalue weighted by molar-refractivity contribution is 5.82. The first-order valence-electron chi connectivity index (χ1n) is 8.40. The molecule has 0 radical (unpaired) electrons. The van der Waals surface area contributed by atoms with Gasteiger partial charge < -0.3 is 10.1 Å². The summed E-state index contributed by atoms with van der Waals surface area (Å²) in [5.74, 6) is 0. The van der Waals surface area contributed by atoms with E-state index in [0.29, 0.717) is 6.04 Å². The van der Waals surface area contributed by atoms with Crippen LogP contribution in [0.15, 0.2) is 43.0 Å². The minimum atomic E-state index is 0.443. The summed E-state index contributed by atoms with van der Waals surface area (Å²) < 4.78 is 7.21. The zero-order valence-electron chi connectivity index (χ0n) is 14.7.